The van der Waals surface area contributed by atoms with Crippen LogP contribution in [0.1, 0.15) is 13.3 Å². The summed E-state index contributed by atoms with van der Waals surface area (Å²) in [5, 5.41) is 0. The fourth-order valence-electron chi connectivity index (χ4n) is 1.60. The zero-order valence-electron chi connectivity index (χ0n) is 11.0. The van der Waals surface area contributed by atoms with Gasteiger partial charge in [0.1, 0.15) is 11.5 Å². The fourth-order valence-corrected chi connectivity index (χ4v) is 1.94. The lowest BCUT2D eigenvalue weighted by atomic mass is 10.2. The molecular weight excluding hydrogens is 325 g/mol. The van der Waals surface area contributed by atoms with E-state index in [0.29, 0.717) is 23.8 Å². The molecule has 2 aromatic carbocycles. The molecule has 0 heterocycles. The van der Waals surface area contributed by atoms with E-state index in [0.717, 1.165) is 10.9 Å². The highest BCUT2D eigenvalue weighted by atomic mass is 79.9. The first-order valence-electron chi connectivity index (χ1n) is 6.25. The van der Waals surface area contributed by atoms with Crippen LogP contribution < -0.4 is 15.2 Å². The Labute approximate surface area is 125 Å². The SMILES string of the molecule is CCCOc1cc(Oc2cc(Br)ccc2F)ccc1N. The van der Waals surface area contributed by atoms with E-state index in [4.69, 9.17) is 15.2 Å². The Morgan fingerprint density at radius 1 is 1.15 bits per heavy atom. The van der Waals surface area contributed by atoms with Crippen molar-refractivity contribution in [2.24, 2.45) is 0 Å². The molecule has 0 aromatic heterocycles. The normalized spacial score (nSPS) is 10.3. The molecule has 106 valence electrons. The van der Waals surface area contributed by atoms with Crippen molar-refractivity contribution in [3.8, 4) is 17.2 Å². The number of hydrogen-bond acceptors (Lipinski definition) is 3. The monoisotopic (exact) mass is 339 g/mol. The number of rotatable bonds is 5. The van der Waals surface area contributed by atoms with E-state index in [1.807, 2.05) is 6.92 Å². The van der Waals surface area contributed by atoms with Crippen LogP contribution in [0.5, 0.6) is 17.2 Å². The maximum atomic E-state index is 13.6. The molecule has 0 aliphatic rings. The average Bonchev–Trinajstić information content (AvgIpc) is 2.43. The Morgan fingerprint density at radius 3 is 2.70 bits per heavy atom. The highest BCUT2D eigenvalue weighted by molar-refractivity contribution is 9.10. The number of halogens is 2. The van der Waals surface area contributed by atoms with Crippen LogP contribution in [0, 0.1) is 5.82 Å². The second kappa shape index (κ2) is 6.61. The second-order valence-corrected chi connectivity index (χ2v) is 5.14. The Hall–Kier alpha value is -1.75. The van der Waals surface area contributed by atoms with Crippen LogP contribution in [0.2, 0.25) is 0 Å². The van der Waals surface area contributed by atoms with Crippen molar-refractivity contribution in [3.63, 3.8) is 0 Å². The van der Waals surface area contributed by atoms with Gasteiger partial charge in [-0.25, -0.2) is 4.39 Å². The van der Waals surface area contributed by atoms with Crippen LogP contribution in [-0.2, 0) is 0 Å². The first-order valence-corrected chi connectivity index (χ1v) is 7.04. The molecule has 0 aliphatic heterocycles. The van der Waals surface area contributed by atoms with Crippen molar-refractivity contribution in [2.45, 2.75) is 13.3 Å². The summed E-state index contributed by atoms with van der Waals surface area (Å²) in [6, 6.07) is 9.53. The van der Waals surface area contributed by atoms with Crippen molar-refractivity contribution in [3.05, 3.63) is 46.7 Å². The lowest BCUT2D eigenvalue weighted by Crippen LogP contribution is -1.99. The molecule has 0 radical (unpaired) electrons. The summed E-state index contributed by atoms with van der Waals surface area (Å²) in [5.74, 6) is 0.730. The maximum Gasteiger partial charge on any atom is 0.165 e. The summed E-state index contributed by atoms with van der Waals surface area (Å²) in [6.07, 6.45) is 0.880. The van der Waals surface area contributed by atoms with E-state index in [1.54, 1.807) is 30.3 Å². The number of ether oxygens (including phenoxy) is 2. The van der Waals surface area contributed by atoms with Crippen LogP contribution in [0.3, 0.4) is 0 Å². The predicted molar refractivity (Wildman–Crippen MR) is 80.8 cm³/mol. The van der Waals surface area contributed by atoms with Gasteiger partial charge in [0.15, 0.2) is 11.6 Å². The largest absolute Gasteiger partial charge is 0.491 e. The first-order chi connectivity index (χ1) is 9.60. The Morgan fingerprint density at radius 2 is 1.95 bits per heavy atom. The average molecular weight is 340 g/mol. The minimum absolute atomic E-state index is 0.144. The number of nitrogens with two attached hydrogens (primary N) is 1. The van der Waals surface area contributed by atoms with Crippen LogP contribution in [0.25, 0.3) is 0 Å². The molecule has 0 bridgehead atoms. The highest BCUT2D eigenvalue weighted by Crippen LogP contribution is 2.32. The molecule has 2 rings (SSSR count). The quantitative estimate of drug-likeness (QED) is 0.799. The molecule has 0 saturated heterocycles. The summed E-state index contributed by atoms with van der Waals surface area (Å²) in [5.41, 5.74) is 6.34. The Bertz CT molecular complexity index is 604. The van der Waals surface area contributed by atoms with E-state index in [9.17, 15) is 4.39 Å². The van der Waals surface area contributed by atoms with E-state index in [1.165, 1.54) is 6.07 Å². The molecular formula is C15H15BrFNO2. The lowest BCUT2D eigenvalue weighted by molar-refractivity contribution is 0.317. The van der Waals surface area contributed by atoms with Gasteiger partial charge in [0.25, 0.3) is 0 Å². The fraction of sp³-hybridized carbons (Fsp3) is 0.200. The van der Waals surface area contributed by atoms with E-state index in [-0.39, 0.29) is 5.75 Å². The van der Waals surface area contributed by atoms with Crippen molar-refractivity contribution in [1.29, 1.82) is 0 Å². The third-order valence-electron chi connectivity index (χ3n) is 2.57. The van der Waals surface area contributed by atoms with Crippen LogP contribution in [0.15, 0.2) is 40.9 Å². The zero-order chi connectivity index (χ0) is 14.5. The zero-order valence-corrected chi connectivity index (χ0v) is 12.6. The van der Waals surface area contributed by atoms with E-state index in [2.05, 4.69) is 15.9 Å². The van der Waals surface area contributed by atoms with Gasteiger partial charge in [-0.15, -0.1) is 0 Å². The minimum atomic E-state index is -0.430. The standard InChI is InChI=1S/C15H15BrFNO2/c1-2-7-19-15-9-11(4-6-13(15)18)20-14-8-10(16)3-5-12(14)17/h3-6,8-9H,2,7,18H2,1H3. The molecule has 2 aromatic rings. The third-order valence-corrected chi connectivity index (χ3v) is 3.06. The molecule has 5 heteroatoms. The first kappa shape index (κ1) is 14.7. The van der Waals surface area contributed by atoms with Crippen molar-refractivity contribution in [2.75, 3.05) is 12.3 Å². The van der Waals surface area contributed by atoms with Crippen LogP contribution in [0.4, 0.5) is 10.1 Å². The summed E-state index contributed by atoms with van der Waals surface area (Å²) >= 11 is 3.28. The smallest absolute Gasteiger partial charge is 0.165 e. The number of anilines is 1. The van der Waals surface area contributed by atoms with Crippen LogP contribution >= 0.6 is 15.9 Å². The van der Waals surface area contributed by atoms with Gasteiger partial charge in [-0.05, 0) is 36.8 Å². The molecule has 0 fully saturated rings. The van der Waals surface area contributed by atoms with Gasteiger partial charge in [-0.2, -0.15) is 0 Å². The van der Waals surface area contributed by atoms with Gasteiger partial charge in [0.05, 0.1) is 12.3 Å². The second-order valence-electron chi connectivity index (χ2n) is 4.22. The van der Waals surface area contributed by atoms with Crippen molar-refractivity contribution in [1.82, 2.24) is 0 Å². The predicted octanol–water partition coefficient (Wildman–Crippen LogP) is 4.75. The maximum absolute atomic E-state index is 13.6. The number of nitrogen functional groups attached to an aromatic ring is 1. The lowest BCUT2D eigenvalue weighted by Gasteiger charge is -2.11. The number of hydrogen-bond donors (Lipinski definition) is 1. The third kappa shape index (κ3) is 3.63. The summed E-state index contributed by atoms with van der Waals surface area (Å²) in [7, 11) is 0. The van der Waals surface area contributed by atoms with Crippen molar-refractivity contribution < 1.29 is 13.9 Å². The minimum Gasteiger partial charge on any atom is -0.491 e. The van der Waals surface area contributed by atoms with Gasteiger partial charge in [0.2, 0.25) is 0 Å². The molecule has 0 aliphatic carbocycles. The highest BCUT2D eigenvalue weighted by Gasteiger charge is 2.08. The molecule has 0 saturated carbocycles. The molecule has 0 spiro atoms. The molecule has 0 unspecified atom stereocenters. The van der Waals surface area contributed by atoms with Gasteiger partial charge in [-0.3, -0.25) is 0 Å². The van der Waals surface area contributed by atoms with Gasteiger partial charge >= 0.3 is 0 Å². The van der Waals surface area contributed by atoms with Gasteiger partial charge in [-0.1, -0.05) is 22.9 Å². The van der Waals surface area contributed by atoms with Gasteiger partial charge in [0, 0.05) is 10.5 Å². The van der Waals surface area contributed by atoms with E-state index >= 15 is 0 Å². The number of benzene rings is 2. The Balaban J connectivity index is 2.22. The van der Waals surface area contributed by atoms with Gasteiger partial charge < -0.3 is 15.2 Å². The van der Waals surface area contributed by atoms with Crippen LogP contribution in [-0.4, -0.2) is 6.61 Å². The summed E-state index contributed by atoms with van der Waals surface area (Å²) in [6.45, 7) is 2.58. The molecule has 0 atom stereocenters. The Kier molecular flexibility index (Phi) is 4.84. The topological polar surface area (TPSA) is 44.5 Å². The summed E-state index contributed by atoms with van der Waals surface area (Å²) in [4.78, 5) is 0. The molecule has 3 nitrogen and oxygen atoms in total. The summed E-state index contributed by atoms with van der Waals surface area (Å²) < 4.78 is 25.4. The molecule has 2 N–H and O–H groups in total. The molecule has 0 amide bonds. The van der Waals surface area contributed by atoms with Crippen molar-refractivity contribution >= 4 is 21.6 Å². The molecule has 20 heavy (non-hydrogen) atoms. The van der Waals surface area contributed by atoms with E-state index < -0.39 is 5.82 Å².